The first-order valence-electron chi connectivity index (χ1n) is 4.83. The quantitative estimate of drug-likeness (QED) is 0.486. The number of carboxylic acid groups (broad SMARTS) is 2. The van der Waals surface area contributed by atoms with E-state index >= 15 is 0 Å². The van der Waals surface area contributed by atoms with Gasteiger partial charge in [0.05, 0.1) is 0 Å². The highest BCUT2D eigenvalue weighted by Crippen LogP contribution is 1.93. The SMILES string of the molecule is C=C(CC)C(=O)O.CCCCNC(=O)O. The number of unbranched alkanes of at least 4 members (excludes halogenated alkanes) is 1. The van der Waals surface area contributed by atoms with E-state index in [1.165, 1.54) is 0 Å². The number of hydrogen-bond acceptors (Lipinski definition) is 2. The van der Waals surface area contributed by atoms with Gasteiger partial charge in [-0.25, -0.2) is 9.59 Å². The summed E-state index contributed by atoms with van der Waals surface area (Å²) in [5.41, 5.74) is 0.264. The van der Waals surface area contributed by atoms with Gasteiger partial charge in [0.15, 0.2) is 0 Å². The molecule has 0 aliphatic heterocycles. The summed E-state index contributed by atoms with van der Waals surface area (Å²) in [5, 5.41) is 18.4. The molecule has 0 unspecified atom stereocenters. The number of amides is 1. The van der Waals surface area contributed by atoms with Crippen molar-refractivity contribution in [3.63, 3.8) is 0 Å². The first-order valence-corrected chi connectivity index (χ1v) is 4.83. The van der Waals surface area contributed by atoms with Crippen molar-refractivity contribution < 1.29 is 19.8 Å². The summed E-state index contributed by atoms with van der Waals surface area (Å²) >= 11 is 0. The summed E-state index contributed by atoms with van der Waals surface area (Å²) in [7, 11) is 0. The summed E-state index contributed by atoms with van der Waals surface area (Å²) in [5.74, 6) is -0.900. The number of hydrogen-bond donors (Lipinski definition) is 3. The molecule has 15 heavy (non-hydrogen) atoms. The molecule has 0 bridgehead atoms. The fourth-order valence-electron chi connectivity index (χ4n) is 0.523. The number of aliphatic carboxylic acids is 1. The lowest BCUT2D eigenvalue weighted by atomic mass is 10.2. The fourth-order valence-corrected chi connectivity index (χ4v) is 0.523. The highest BCUT2D eigenvalue weighted by Gasteiger charge is 1.96. The number of nitrogens with one attached hydrogen (secondary N) is 1. The Morgan fingerprint density at radius 1 is 1.27 bits per heavy atom. The molecule has 0 aromatic carbocycles. The summed E-state index contributed by atoms with van der Waals surface area (Å²) in [4.78, 5) is 19.6. The minimum absolute atomic E-state index is 0.264. The highest BCUT2D eigenvalue weighted by atomic mass is 16.4. The van der Waals surface area contributed by atoms with Crippen molar-refractivity contribution in [2.45, 2.75) is 33.1 Å². The van der Waals surface area contributed by atoms with Gasteiger partial charge in [0.2, 0.25) is 0 Å². The van der Waals surface area contributed by atoms with Crippen LogP contribution in [0, 0.1) is 0 Å². The molecule has 0 atom stereocenters. The number of carboxylic acids is 1. The summed E-state index contributed by atoms with van der Waals surface area (Å²) in [6, 6.07) is 0. The van der Waals surface area contributed by atoms with Crippen molar-refractivity contribution in [1.29, 1.82) is 0 Å². The topological polar surface area (TPSA) is 86.6 Å². The Morgan fingerprint density at radius 2 is 1.80 bits per heavy atom. The molecule has 1 amide bonds. The van der Waals surface area contributed by atoms with Gasteiger partial charge in [-0.3, -0.25) is 0 Å². The van der Waals surface area contributed by atoms with Gasteiger partial charge in [-0.1, -0.05) is 26.8 Å². The van der Waals surface area contributed by atoms with Crippen LogP contribution >= 0.6 is 0 Å². The molecular weight excluding hydrogens is 198 g/mol. The average Bonchev–Trinajstić information content (AvgIpc) is 2.17. The molecule has 5 nitrogen and oxygen atoms in total. The number of rotatable bonds is 5. The van der Waals surface area contributed by atoms with Crippen LogP contribution in [0.15, 0.2) is 12.2 Å². The minimum Gasteiger partial charge on any atom is -0.478 e. The monoisotopic (exact) mass is 217 g/mol. The van der Waals surface area contributed by atoms with Crippen molar-refractivity contribution in [2.75, 3.05) is 6.54 Å². The fraction of sp³-hybridized carbons (Fsp3) is 0.600. The van der Waals surface area contributed by atoms with Crippen molar-refractivity contribution in [2.24, 2.45) is 0 Å². The standard InChI is InChI=1S/C5H11NO2.C5H8O2/c1-2-3-4-6-5(7)8;1-3-4(2)5(6)7/h6H,2-4H2,1H3,(H,7,8);2-3H2,1H3,(H,6,7). The summed E-state index contributed by atoms with van der Waals surface area (Å²) in [6.07, 6.45) is 1.54. The van der Waals surface area contributed by atoms with Crippen LogP contribution in [-0.4, -0.2) is 28.8 Å². The lowest BCUT2D eigenvalue weighted by molar-refractivity contribution is -0.132. The molecule has 0 spiro atoms. The third-order valence-electron chi connectivity index (χ3n) is 1.54. The van der Waals surface area contributed by atoms with E-state index in [2.05, 4.69) is 11.9 Å². The molecule has 0 saturated heterocycles. The average molecular weight is 217 g/mol. The molecule has 5 heteroatoms. The molecule has 3 N–H and O–H groups in total. The van der Waals surface area contributed by atoms with Crippen molar-refractivity contribution in [3.8, 4) is 0 Å². The molecule has 0 heterocycles. The summed E-state index contributed by atoms with van der Waals surface area (Å²) < 4.78 is 0. The molecule has 0 fully saturated rings. The van der Waals surface area contributed by atoms with E-state index in [0.29, 0.717) is 13.0 Å². The van der Waals surface area contributed by atoms with E-state index in [0.717, 1.165) is 12.8 Å². The lowest BCUT2D eigenvalue weighted by Crippen LogP contribution is -2.21. The smallest absolute Gasteiger partial charge is 0.404 e. The first kappa shape index (κ1) is 15.9. The molecule has 0 aromatic rings. The Balaban J connectivity index is 0. The van der Waals surface area contributed by atoms with Gasteiger partial charge < -0.3 is 15.5 Å². The maximum Gasteiger partial charge on any atom is 0.404 e. The van der Waals surface area contributed by atoms with Gasteiger partial charge in [0, 0.05) is 12.1 Å². The van der Waals surface area contributed by atoms with Crippen LogP contribution in [0.3, 0.4) is 0 Å². The Bertz CT molecular complexity index is 213. The third kappa shape index (κ3) is 15.3. The van der Waals surface area contributed by atoms with E-state index in [-0.39, 0.29) is 5.57 Å². The molecule has 0 aliphatic rings. The Morgan fingerprint density at radius 3 is 2.00 bits per heavy atom. The normalized spacial score (nSPS) is 8.40. The predicted octanol–water partition coefficient (Wildman–Crippen LogP) is 2.09. The summed E-state index contributed by atoms with van der Waals surface area (Å²) in [6.45, 7) is 7.63. The Kier molecular flexibility index (Phi) is 11.2. The second-order valence-electron chi connectivity index (χ2n) is 2.85. The van der Waals surface area contributed by atoms with Gasteiger partial charge in [-0.05, 0) is 12.8 Å². The van der Waals surface area contributed by atoms with Gasteiger partial charge in [0.25, 0.3) is 0 Å². The molecule has 0 rings (SSSR count). The van der Waals surface area contributed by atoms with E-state index in [9.17, 15) is 9.59 Å². The predicted molar refractivity (Wildman–Crippen MR) is 58.0 cm³/mol. The molecule has 0 radical (unpaired) electrons. The van der Waals surface area contributed by atoms with Gasteiger partial charge in [-0.2, -0.15) is 0 Å². The van der Waals surface area contributed by atoms with Gasteiger partial charge >= 0.3 is 12.1 Å². The van der Waals surface area contributed by atoms with E-state index in [4.69, 9.17) is 10.2 Å². The zero-order chi connectivity index (χ0) is 12.3. The Labute approximate surface area is 89.8 Å². The third-order valence-corrected chi connectivity index (χ3v) is 1.54. The van der Waals surface area contributed by atoms with Crippen molar-refractivity contribution in [3.05, 3.63) is 12.2 Å². The maximum absolute atomic E-state index is 9.83. The van der Waals surface area contributed by atoms with E-state index < -0.39 is 12.1 Å². The van der Waals surface area contributed by atoms with E-state index in [1.54, 1.807) is 6.92 Å². The maximum atomic E-state index is 9.83. The largest absolute Gasteiger partial charge is 0.478 e. The lowest BCUT2D eigenvalue weighted by Gasteiger charge is -1.94. The molecule has 0 aromatic heterocycles. The molecule has 88 valence electrons. The first-order chi connectivity index (χ1) is 6.95. The van der Waals surface area contributed by atoms with Gasteiger partial charge in [0.1, 0.15) is 0 Å². The minimum atomic E-state index is -0.932. The number of carbonyl (C=O) groups is 2. The second kappa shape index (κ2) is 10.6. The van der Waals surface area contributed by atoms with Crippen LogP contribution in [0.2, 0.25) is 0 Å². The zero-order valence-corrected chi connectivity index (χ0v) is 9.25. The van der Waals surface area contributed by atoms with Crippen LogP contribution < -0.4 is 5.32 Å². The van der Waals surface area contributed by atoms with E-state index in [1.807, 2.05) is 6.92 Å². The molecule has 0 saturated carbocycles. The zero-order valence-electron chi connectivity index (χ0n) is 9.25. The van der Waals surface area contributed by atoms with Crippen LogP contribution in [-0.2, 0) is 4.79 Å². The highest BCUT2D eigenvalue weighted by molar-refractivity contribution is 5.85. The van der Waals surface area contributed by atoms with Crippen molar-refractivity contribution in [1.82, 2.24) is 5.32 Å². The van der Waals surface area contributed by atoms with Crippen molar-refractivity contribution >= 4 is 12.1 Å². The molecule has 0 aliphatic carbocycles. The van der Waals surface area contributed by atoms with Crippen LogP contribution in [0.1, 0.15) is 33.1 Å². The van der Waals surface area contributed by atoms with Crippen LogP contribution in [0.4, 0.5) is 4.79 Å². The Hall–Kier alpha value is -1.52. The second-order valence-corrected chi connectivity index (χ2v) is 2.85. The van der Waals surface area contributed by atoms with Gasteiger partial charge in [-0.15, -0.1) is 0 Å². The van der Waals surface area contributed by atoms with Crippen LogP contribution in [0.5, 0.6) is 0 Å². The van der Waals surface area contributed by atoms with Crippen LogP contribution in [0.25, 0.3) is 0 Å². The molecular formula is C10H19NO4.